The lowest BCUT2D eigenvalue weighted by Gasteiger charge is -2.22. The molecule has 0 fully saturated rings. The van der Waals surface area contributed by atoms with Crippen molar-refractivity contribution in [1.82, 2.24) is 14.7 Å². The van der Waals surface area contributed by atoms with Crippen LogP contribution < -0.4 is 15.4 Å². The number of aromatic nitrogens is 2. The molecule has 0 atom stereocenters. The Labute approximate surface area is 230 Å². The second-order valence-corrected chi connectivity index (χ2v) is 9.61. The van der Waals surface area contributed by atoms with E-state index < -0.39 is 0 Å². The highest BCUT2D eigenvalue weighted by atomic mass is 79.9. The molecule has 0 aliphatic carbocycles. The number of hydrogen-bond donors (Lipinski definition) is 2. The van der Waals surface area contributed by atoms with Crippen molar-refractivity contribution in [2.45, 2.75) is 20.3 Å². The van der Waals surface area contributed by atoms with Crippen LogP contribution in [-0.2, 0) is 4.79 Å². The molecule has 0 aliphatic rings. The van der Waals surface area contributed by atoms with Gasteiger partial charge in [0.2, 0.25) is 5.91 Å². The van der Waals surface area contributed by atoms with Gasteiger partial charge in [-0.15, -0.1) is 0 Å². The van der Waals surface area contributed by atoms with Gasteiger partial charge in [-0.3, -0.25) is 4.79 Å². The number of nitrogens with one attached hydrogen (secondary N) is 2. The van der Waals surface area contributed by atoms with Crippen LogP contribution >= 0.6 is 15.9 Å². The lowest BCUT2D eigenvalue weighted by Crippen LogP contribution is -2.41. The summed E-state index contributed by atoms with van der Waals surface area (Å²) in [6, 6.07) is 24.2. The van der Waals surface area contributed by atoms with Crippen molar-refractivity contribution in [2.75, 3.05) is 30.8 Å². The van der Waals surface area contributed by atoms with E-state index in [0.29, 0.717) is 24.5 Å². The number of carbonyl (C=O) groups is 2. The molecule has 4 rings (SSSR count). The molecule has 3 aromatic carbocycles. The van der Waals surface area contributed by atoms with E-state index >= 15 is 0 Å². The van der Waals surface area contributed by atoms with Crippen LogP contribution in [0.15, 0.2) is 83.3 Å². The molecule has 0 spiro atoms. The largest absolute Gasteiger partial charge is 0.497 e. The fourth-order valence-corrected chi connectivity index (χ4v) is 4.54. The third kappa shape index (κ3) is 6.41. The van der Waals surface area contributed by atoms with E-state index in [1.165, 1.54) is 4.90 Å². The first-order chi connectivity index (χ1) is 18.4. The Morgan fingerprint density at radius 1 is 1.00 bits per heavy atom. The molecule has 4 aromatic rings. The fourth-order valence-electron chi connectivity index (χ4n) is 4.14. The maximum atomic E-state index is 13.4. The topological polar surface area (TPSA) is 88.5 Å². The molecule has 2 N–H and O–H groups in total. The third-order valence-electron chi connectivity index (χ3n) is 5.89. The SMILES string of the molecule is CCCN(CC(=O)Nc1c(-c2ccccc2)c(C)nn1-c1ccc(OC)cc1)C(=O)Nc1cccc(Br)c1. The van der Waals surface area contributed by atoms with Gasteiger partial charge < -0.3 is 20.3 Å². The Kier molecular flexibility index (Phi) is 8.81. The molecule has 196 valence electrons. The maximum Gasteiger partial charge on any atom is 0.322 e. The summed E-state index contributed by atoms with van der Waals surface area (Å²) in [5, 5.41) is 10.7. The molecule has 0 saturated heterocycles. The second-order valence-electron chi connectivity index (χ2n) is 8.70. The average molecular weight is 576 g/mol. The normalized spacial score (nSPS) is 10.6. The highest BCUT2D eigenvalue weighted by Crippen LogP contribution is 2.33. The van der Waals surface area contributed by atoms with Gasteiger partial charge in [-0.2, -0.15) is 5.10 Å². The van der Waals surface area contributed by atoms with E-state index in [1.807, 2.05) is 86.6 Å². The maximum absolute atomic E-state index is 13.4. The number of amides is 3. The van der Waals surface area contributed by atoms with E-state index in [9.17, 15) is 9.59 Å². The predicted molar refractivity (Wildman–Crippen MR) is 154 cm³/mol. The smallest absolute Gasteiger partial charge is 0.322 e. The molecule has 0 saturated carbocycles. The van der Waals surface area contributed by atoms with Gasteiger partial charge in [-0.05, 0) is 61.4 Å². The molecule has 0 unspecified atom stereocenters. The van der Waals surface area contributed by atoms with Gasteiger partial charge in [0.25, 0.3) is 0 Å². The van der Waals surface area contributed by atoms with Crippen LogP contribution in [0.2, 0.25) is 0 Å². The number of aryl methyl sites for hydroxylation is 1. The molecule has 0 radical (unpaired) electrons. The van der Waals surface area contributed by atoms with Crippen LogP contribution in [-0.4, -0.2) is 46.8 Å². The third-order valence-corrected chi connectivity index (χ3v) is 6.38. The number of rotatable bonds is 9. The number of hydrogen-bond acceptors (Lipinski definition) is 4. The standard InChI is InChI=1S/C29H30BrN5O3/c1-4-17-34(29(37)31-23-12-8-11-22(30)18-23)19-26(36)32-28-27(21-9-6-5-7-10-21)20(2)33-35(28)24-13-15-25(38-3)16-14-24/h5-16,18H,4,17,19H2,1-3H3,(H,31,37)(H,32,36). The van der Waals surface area contributed by atoms with Gasteiger partial charge in [0, 0.05) is 22.3 Å². The molecule has 3 amide bonds. The van der Waals surface area contributed by atoms with Crippen molar-refractivity contribution in [3.05, 3.63) is 89.0 Å². The van der Waals surface area contributed by atoms with Gasteiger partial charge in [-0.25, -0.2) is 9.48 Å². The second kappa shape index (κ2) is 12.4. The van der Waals surface area contributed by atoms with Gasteiger partial charge in [0.1, 0.15) is 18.1 Å². The molecule has 1 aromatic heterocycles. The van der Waals surface area contributed by atoms with E-state index in [2.05, 4.69) is 26.6 Å². The minimum absolute atomic E-state index is 0.116. The first kappa shape index (κ1) is 26.9. The van der Waals surface area contributed by atoms with Gasteiger partial charge in [0.15, 0.2) is 0 Å². The number of methoxy groups -OCH3 is 1. The molecular formula is C29H30BrN5O3. The Balaban J connectivity index is 1.62. The monoisotopic (exact) mass is 575 g/mol. The van der Waals surface area contributed by atoms with Crippen molar-refractivity contribution >= 4 is 39.4 Å². The number of nitrogens with zero attached hydrogens (tertiary/aromatic N) is 3. The minimum Gasteiger partial charge on any atom is -0.497 e. The van der Waals surface area contributed by atoms with Crippen molar-refractivity contribution in [2.24, 2.45) is 0 Å². The number of halogens is 1. The average Bonchev–Trinajstić information content (AvgIpc) is 3.24. The minimum atomic E-state index is -0.344. The Hall–Kier alpha value is -4.11. The number of ether oxygens (including phenoxy) is 1. The quantitative estimate of drug-likeness (QED) is 0.238. The van der Waals surface area contributed by atoms with Crippen molar-refractivity contribution in [3.8, 4) is 22.6 Å². The lowest BCUT2D eigenvalue weighted by molar-refractivity contribution is -0.116. The van der Waals surface area contributed by atoms with Crippen molar-refractivity contribution in [1.29, 1.82) is 0 Å². The number of anilines is 2. The van der Waals surface area contributed by atoms with Crippen LogP contribution in [0.5, 0.6) is 5.75 Å². The Bertz CT molecular complexity index is 1400. The van der Waals surface area contributed by atoms with Crippen LogP contribution in [0.3, 0.4) is 0 Å². The zero-order chi connectivity index (χ0) is 27.1. The summed E-state index contributed by atoms with van der Waals surface area (Å²) in [6.07, 6.45) is 0.706. The molecule has 9 heteroatoms. The number of urea groups is 1. The van der Waals surface area contributed by atoms with E-state index in [0.717, 1.165) is 32.7 Å². The van der Waals surface area contributed by atoms with E-state index in [1.54, 1.807) is 17.9 Å². The highest BCUT2D eigenvalue weighted by Gasteiger charge is 2.23. The van der Waals surface area contributed by atoms with Gasteiger partial charge in [-0.1, -0.05) is 59.3 Å². The Morgan fingerprint density at radius 2 is 1.74 bits per heavy atom. The summed E-state index contributed by atoms with van der Waals surface area (Å²) in [7, 11) is 1.61. The first-order valence-corrected chi connectivity index (χ1v) is 13.1. The fraction of sp³-hybridized carbons (Fsp3) is 0.207. The zero-order valence-electron chi connectivity index (χ0n) is 21.6. The van der Waals surface area contributed by atoms with Crippen LogP contribution in [0.25, 0.3) is 16.8 Å². The highest BCUT2D eigenvalue weighted by molar-refractivity contribution is 9.10. The zero-order valence-corrected chi connectivity index (χ0v) is 23.2. The molecule has 1 heterocycles. The van der Waals surface area contributed by atoms with Gasteiger partial charge in [0.05, 0.1) is 18.5 Å². The number of benzene rings is 3. The predicted octanol–water partition coefficient (Wildman–Crippen LogP) is 6.50. The van der Waals surface area contributed by atoms with Crippen LogP contribution in [0, 0.1) is 6.92 Å². The lowest BCUT2D eigenvalue weighted by atomic mass is 10.1. The number of carbonyl (C=O) groups excluding carboxylic acids is 2. The van der Waals surface area contributed by atoms with E-state index in [-0.39, 0.29) is 18.5 Å². The van der Waals surface area contributed by atoms with Crippen molar-refractivity contribution < 1.29 is 14.3 Å². The first-order valence-electron chi connectivity index (χ1n) is 12.3. The summed E-state index contributed by atoms with van der Waals surface area (Å²) in [4.78, 5) is 27.9. The van der Waals surface area contributed by atoms with Crippen LogP contribution in [0.1, 0.15) is 19.0 Å². The Morgan fingerprint density at radius 3 is 2.39 bits per heavy atom. The summed E-state index contributed by atoms with van der Waals surface area (Å²) in [6.45, 7) is 4.18. The molecule has 38 heavy (non-hydrogen) atoms. The van der Waals surface area contributed by atoms with E-state index in [4.69, 9.17) is 9.84 Å². The summed E-state index contributed by atoms with van der Waals surface area (Å²) in [5.41, 5.74) is 3.92. The summed E-state index contributed by atoms with van der Waals surface area (Å²) in [5.74, 6) is 0.931. The summed E-state index contributed by atoms with van der Waals surface area (Å²) >= 11 is 3.41. The van der Waals surface area contributed by atoms with Gasteiger partial charge >= 0.3 is 6.03 Å². The molecule has 0 aliphatic heterocycles. The molecule has 8 nitrogen and oxygen atoms in total. The molecular weight excluding hydrogens is 546 g/mol. The molecule has 0 bridgehead atoms. The van der Waals surface area contributed by atoms with Crippen molar-refractivity contribution in [3.63, 3.8) is 0 Å². The van der Waals surface area contributed by atoms with Crippen LogP contribution in [0.4, 0.5) is 16.3 Å². The summed E-state index contributed by atoms with van der Waals surface area (Å²) < 4.78 is 7.85.